The first kappa shape index (κ1) is 19.7. The number of nitrogens with one attached hydrogen (secondary N) is 1. The highest BCUT2D eigenvalue weighted by Gasteiger charge is 2.23. The average Bonchev–Trinajstić information content (AvgIpc) is 3.21. The third kappa shape index (κ3) is 4.51. The third-order valence-electron chi connectivity index (χ3n) is 5.79. The van der Waals surface area contributed by atoms with E-state index in [1.54, 1.807) is 17.8 Å². The molecule has 1 unspecified atom stereocenters. The molecule has 1 aromatic carbocycles. The van der Waals surface area contributed by atoms with Gasteiger partial charge >= 0.3 is 0 Å². The fraction of sp³-hybridized carbons (Fsp3) is 0.619. The Hall–Kier alpha value is -1.60. The molecule has 0 bridgehead atoms. The van der Waals surface area contributed by atoms with E-state index in [0.29, 0.717) is 34.0 Å². The zero-order valence-electron chi connectivity index (χ0n) is 16.2. The molecular formula is C21H27FN2O3S. The van der Waals surface area contributed by atoms with Crippen molar-refractivity contribution in [1.82, 2.24) is 9.97 Å². The van der Waals surface area contributed by atoms with Crippen molar-refractivity contribution >= 4 is 22.7 Å². The van der Waals surface area contributed by atoms with E-state index in [-0.39, 0.29) is 11.5 Å². The summed E-state index contributed by atoms with van der Waals surface area (Å²) in [5.74, 6) is 1.56. The number of thioether (sulfide) groups is 1. The van der Waals surface area contributed by atoms with Gasteiger partial charge in [-0.25, -0.2) is 9.37 Å². The van der Waals surface area contributed by atoms with Gasteiger partial charge in [0.05, 0.1) is 17.4 Å². The number of benzene rings is 1. The molecule has 7 heteroatoms. The molecule has 0 radical (unpaired) electrons. The van der Waals surface area contributed by atoms with E-state index in [2.05, 4.69) is 9.97 Å². The van der Waals surface area contributed by atoms with Gasteiger partial charge in [0.25, 0.3) is 5.56 Å². The van der Waals surface area contributed by atoms with Crippen LogP contribution in [0.25, 0.3) is 10.9 Å². The molecule has 1 aliphatic heterocycles. The number of aromatic amines is 1. The van der Waals surface area contributed by atoms with Crippen LogP contribution in [0.2, 0.25) is 0 Å². The van der Waals surface area contributed by atoms with Crippen molar-refractivity contribution in [2.24, 2.45) is 5.92 Å². The Bertz CT molecular complexity index is 876. The number of fused-ring (bicyclic) bond motifs is 1. The molecule has 5 nitrogen and oxygen atoms in total. The second-order valence-electron chi connectivity index (χ2n) is 7.80. The van der Waals surface area contributed by atoms with Crippen LogP contribution in [-0.2, 0) is 10.5 Å². The molecule has 1 N–H and O–H groups in total. The number of ether oxygens (including phenoxy) is 2. The van der Waals surface area contributed by atoms with Crippen molar-refractivity contribution in [3.05, 3.63) is 34.1 Å². The quantitative estimate of drug-likeness (QED) is 0.769. The molecule has 0 amide bonds. The van der Waals surface area contributed by atoms with Crippen molar-refractivity contribution in [3.8, 4) is 5.75 Å². The lowest BCUT2D eigenvalue weighted by molar-refractivity contribution is 0.1000. The van der Waals surface area contributed by atoms with Crippen molar-refractivity contribution in [3.63, 3.8) is 0 Å². The van der Waals surface area contributed by atoms with E-state index in [9.17, 15) is 9.18 Å². The topological polar surface area (TPSA) is 64.2 Å². The number of aromatic nitrogens is 2. The molecule has 1 aliphatic carbocycles. The monoisotopic (exact) mass is 406 g/mol. The maximum absolute atomic E-state index is 14.6. The fourth-order valence-corrected chi connectivity index (χ4v) is 5.22. The molecule has 1 saturated heterocycles. The molecule has 1 saturated carbocycles. The minimum atomic E-state index is -0.580. The van der Waals surface area contributed by atoms with Gasteiger partial charge in [-0.15, -0.1) is 0 Å². The van der Waals surface area contributed by atoms with Crippen LogP contribution in [0, 0.1) is 11.7 Å². The van der Waals surface area contributed by atoms with Gasteiger partial charge < -0.3 is 14.5 Å². The normalized spacial score (nSPS) is 19.9. The number of hydrogen-bond donors (Lipinski definition) is 1. The largest absolute Gasteiger partial charge is 0.490 e. The smallest absolute Gasteiger partial charge is 0.261 e. The summed E-state index contributed by atoms with van der Waals surface area (Å²) in [6.45, 7) is 3.61. The van der Waals surface area contributed by atoms with Crippen LogP contribution < -0.4 is 10.3 Å². The van der Waals surface area contributed by atoms with Crippen LogP contribution in [-0.4, -0.2) is 34.5 Å². The Morgan fingerprint density at radius 1 is 1.29 bits per heavy atom. The van der Waals surface area contributed by atoms with Gasteiger partial charge in [0, 0.05) is 30.6 Å². The first-order chi connectivity index (χ1) is 13.6. The van der Waals surface area contributed by atoms with Crippen LogP contribution in [0.1, 0.15) is 51.3 Å². The molecule has 4 rings (SSSR count). The van der Waals surface area contributed by atoms with Crippen molar-refractivity contribution in [2.75, 3.05) is 13.2 Å². The number of H-pyrrole nitrogens is 1. The summed E-state index contributed by atoms with van der Waals surface area (Å²) in [4.78, 5) is 19.7. The van der Waals surface area contributed by atoms with Crippen molar-refractivity contribution in [1.29, 1.82) is 0 Å². The Morgan fingerprint density at radius 2 is 2.04 bits per heavy atom. The highest BCUT2D eigenvalue weighted by atomic mass is 32.2. The van der Waals surface area contributed by atoms with E-state index in [0.717, 1.165) is 38.9 Å². The number of rotatable bonds is 6. The van der Waals surface area contributed by atoms with Gasteiger partial charge in [-0.2, -0.15) is 11.8 Å². The summed E-state index contributed by atoms with van der Waals surface area (Å²) in [6, 6.07) is 3.00. The zero-order valence-corrected chi connectivity index (χ0v) is 17.0. The maximum Gasteiger partial charge on any atom is 0.261 e. The van der Waals surface area contributed by atoms with Gasteiger partial charge in [0.1, 0.15) is 22.8 Å². The first-order valence-corrected chi connectivity index (χ1v) is 11.2. The standard InChI is InChI=1S/C21H27FN2O3S/c1-13(14-4-2-3-5-14)27-15-10-17(22)20-18(11-15)23-19(24-21(20)25)12-28-16-6-8-26-9-7-16/h10-11,13-14,16H,2-9,12H2,1H3,(H,23,24,25). The Labute approximate surface area is 168 Å². The molecule has 152 valence electrons. The van der Waals surface area contributed by atoms with Crippen LogP contribution in [0.5, 0.6) is 5.75 Å². The second kappa shape index (κ2) is 8.82. The minimum absolute atomic E-state index is 0.000635. The van der Waals surface area contributed by atoms with Crippen molar-refractivity contribution < 1.29 is 13.9 Å². The van der Waals surface area contributed by atoms with E-state index in [1.807, 2.05) is 6.92 Å². The third-order valence-corrected chi connectivity index (χ3v) is 7.18. The predicted molar refractivity (Wildman–Crippen MR) is 110 cm³/mol. The maximum atomic E-state index is 14.6. The molecule has 28 heavy (non-hydrogen) atoms. The Balaban J connectivity index is 1.53. The highest BCUT2D eigenvalue weighted by molar-refractivity contribution is 7.99. The highest BCUT2D eigenvalue weighted by Crippen LogP contribution is 2.31. The number of halogens is 1. The van der Waals surface area contributed by atoms with Crippen LogP contribution in [0.15, 0.2) is 16.9 Å². The van der Waals surface area contributed by atoms with Crippen LogP contribution in [0.3, 0.4) is 0 Å². The predicted octanol–water partition coefficient (Wildman–Crippen LogP) is 4.43. The molecule has 2 heterocycles. The van der Waals surface area contributed by atoms with Gasteiger partial charge in [-0.05, 0) is 38.5 Å². The number of hydrogen-bond acceptors (Lipinski definition) is 5. The average molecular weight is 407 g/mol. The summed E-state index contributed by atoms with van der Waals surface area (Å²) < 4.78 is 26.0. The SMILES string of the molecule is CC(Oc1cc(F)c2c(=O)[nH]c(CSC3CCOCC3)nc2c1)C1CCCC1. The van der Waals surface area contributed by atoms with Crippen LogP contribution in [0.4, 0.5) is 4.39 Å². The summed E-state index contributed by atoms with van der Waals surface area (Å²) in [7, 11) is 0. The lowest BCUT2D eigenvalue weighted by atomic mass is 10.0. The Morgan fingerprint density at radius 3 is 2.79 bits per heavy atom. The molecule has 2 aliphatic rings. The van der Waals surface area contributed by atoms with Crippen LogP contribution >= 0.6 is 11.8 Å². The van der Waals surface area contributed by atoms with Gasteiger partial charge in [-0.3, -0.25) is 4.79 Å². The van der Waals surface area contributed by atoms with Crippen molar-refractivity contribution in [2.45, 2.75) is 62.6 Å². The zero-order chi connectivity index (χ0) is 19.5. The van der Waals surface area contributed by atoms with Gasteiger partial charge in [-0.1, -0.05) is 12.8 Å². The molecule has 2 fully saturated rings. The minimum Gasteiger partial charge on any atom is -0.490 e. The lowest BCUT2D eigenvalue weighted by Crippen LogP contribution is -2.21. The summed E-state index contributed by atoms with van der Waals surface area (Å²) >= 11 is 1.77. The summed E-state index contributed by atoms with van der Waals surface area (Å²) in [5.41, 5.74) is -0.0691. The summed E-state index contributed by atoms with van der Waals surface area (Å²) in [6.07, 6.45) is 6.82. The first-order valence-electron chi connectivity index (χ1n) is 10.2. The number of nitrogens with zero attached hydrogens (tertiary/aromatic N) is 1. The summed E-state index contributed by atoms with van der Waals surface area (Å²) in [5, 5.41) is 0.508. The molecule has 1 aromatic heterocycles. The Kier molecular flexibility index (Phi) is 6.21. The van der Waals surface area contributed by atoms with Gasteiger partial charge in [0.2, 0.25) is 0 Å². The van der Waals surface area contributed by atoms with E-state index < -0.39 is 11.4 Å². The fourth-order valence-electron chi connectivity index (χ4n) is 4.16. The second-order valence-corrected chi connectivity index (χ2v) is 9.09. The molecule has 2 aromatic rings. The molecule has 1 atom stereocenters. The molecular weight excluding hydrogens is 379 g/mol. The molecule has 0 spiro atoms. The lowest BCUT2D eigenvalue weighted by Gasteiger charge is -2.21. The van der Waals surface area contributed by atoms with E-state index in [4.69, 9.17) is 9.47 Å². The van der Waals surface area contributed by atoms with Gasteiger partial charge in [0.15, 0.2) is 0 Å². The van der Waals surface area contributed by atoms with E-state index in [1.165, 1.54) is 18.9 Å². The van der Waals surface area contributed by atoms with E-state index >= 15 is 0 Å².